The molecule has 0 bridgehead atoms. The van der Waals surface area contributed by atoms with Crippen molar-refractivity contribution in [2.24, 2.45) is 0 Å². The highest BCUT2D eigenvalue weighted by Crippen LogP contribution is 2.30. The molecule has 1 aliphatic heterocycles. The SMILES string of the molecule is Cc1c(C(=O)OCC(=O)N2C[C@H](C)O[C@@H](C)C2)sc2ccccc12. The van der Waals surface area contributed by atoms with Crippen molar-refractivity contribution in [2.45, 2.75) is 33.0 Å². The molecule has 128 valence electrons. The monoisotopic (exact) mass is 347 g/mol. The Morgan fingerprint density at radius 1 is 1.25 bits per heavy atom. The highest BCUT2D eigenvalue weighted by atomic mass is 32.1. The molecule has 1 fully saturated rings. The van der Waals surface area contributed by atoms with Crippen LogP contribution in [0, 0.1) is 6.92 Å². The first-order valence-corrected chi connectivity index (χ1v) is 8.86. The number of nitrogens with zero attached hydrogens (tertiary/aromatic N) is 1. The van der Waals surface area contributed by atoms with E-state index in [-0.39, 0.29) is 24.7 Å². The van der Waals surface area contributed by atoms with Crippen LogP contribution in [-0.4, -0.2) is 48.7 Å². The van der Waals surface area contributed by atoms with Gasteiger partial charge in [-0.3, -0.25) is 4.79 Å². The van der Waals surface area contributed by atoms with E-state index in [1.807, 2.05) is 45.0 Å². The van der Waals surface area contributed by atoms with E-state index in [0.717, 1.165) is 15.6 Å². The lowest BCUT2D eigenvalue weighted by Crippen LogP contribution is -2.49. The molecule has 0 N–H and O–H groups in total. The van der Waals surface area contributed by atoms with Crippen molar-refractivity contribution < 1.29 is 19.1 Å². The summed E-state index contributed by atoms with van der Waals surface area (Å²) in [4.78, 5) is 26.9. The molecule has 2 aromatic rings. The fourth-order valence-corrected chi connectivity index (χ4v) is 4.14. The van der Waals surface area contributed by atoms with Crippen LogP contribution in [0.15, 0.2) is 24.3 Å². The van der Waals surface area contributed by atoms with Crippen LogP contribution < -0.4 is 0 Å². The molecule has 1 aromatic heterocycles. The van der Waals surface area contributed by atoms with E-state index in [1.165, 1.54) is 11.3 Å². The van der Waals surface area contributed by atoms with Crippen LogP contribution in [-0.2, 0) is 14.3 Å². The highest BCUT2D eigenvalue weighted by molar-refractivity contribution is 7.21. The molecule has 0 aliphatic carbocycles. The zero-order valence-corrected chi connectivity index (χ0v) is 14.9. The van der Waals surface area contributed by atoms with E-state index < -0.39 is 5.97 Å². The van der Waals surface area contributed by atoms with Crippen LogP contribution in [0.3, 0.4) is 0 Å². The Labute approximate surface area is 145 Å². The second kappa shape index (κ2) is 6.91. The van der Waals surface area contributed by atoms with Gasteiger partial charge in [0.1, 0.15) is 4.88 Å². The summed E-state index contributed by atoms with van der Waals surface area (Å²) in [5.74, 6) is -0.611. The number of esters is 1. The molecule has 1 aromatic carbocycles. The number of morpholine rings is 1. The van der Waals surface area contributed by atoms with E-state index in [9.17, 15) is 9.59 Å². The maximum atomic E-state index is 12.3. The van der Waals surface area contributed by atoms with Crippen molar-refractivity contribution in [3.05, 3.63) is 34.7 Å². The van der Waals surface area contributed by atoms with Gasteiger partial charge in [0.25, 0.3) is 5.91 Å². The number of benzene rings is 1. The molecule has 0 saturated carbocycles. The quantitative estimate of drug-likeness (QED) is 0.801. The average Bonchev–Trinajstić information content (AvgIpc) is 2.89. The van der Waals surface area contributed by atoms with Crippen molar-refractivity contribution in [3.8, 4) is 0 Å². The van der Waals surface area contributed by atoms with Crippen LogP contribution in [0.5, 0.6) is 0 Å². The van der Waals surface area contributed by atoms with Crippen LogP contribution >= 0.6 is 11.3 Å². The van der Waals surface area contributed by atoms with Gasteiger partial charge < -0.3 is 14.4 Å². The van der Waals surface area contributed by atoms with Gasteiger partial charge >= 0.3 is 5.97 Å². The molecule has 1 amide bonds. The molecule has 24 heavy (non-hydrogen) atoms. The number of rotatable bonds is 3. The van der Waals surface area contributed by atoms with Crippen molar-refractivity contribution in [3.63, 3.8) is 0 Å². The molecule has 3 rings (SSSR count). The van der Waals surface area contributed by atoms with Gasteiger partial charge in [-0.1, -0.05) is 18.2 Å². The molecular weight excluding hydrogens is 326 g/mol. The number of fused-ring (bicyclic) bond motifs is 1. The number of carbonyl (C=O) groups is 2. The van der Waals surface area contributed by atoms with Crippen LogP contribution in [0.2, 0.25) is 0 Å². The van der Waals surface area contributed by atoms with Gasteiger partial charge in [-0.25, -0.2) is 4.79 Å². The minimum atomic E-state index is -0.434. The van der Waals surface area contributed by atoms with E-state index in [2.05, 4.69) is 0 Å². The van der Waals surface area contributed by atoms with E-state index in [4.69, 9.17) is 9.47 Å². The lowest BCUT2D eigenvalue weighted by molar-refractivity contribution is -0.146. The van der Waals surface area contributed by atoms with Gasteiger partial charge in [0, 0.05) is 17.8 Å². The summed E-state index contributed by atoms with van der Waals surface area (Å²) >= 11 is 1.40. The Balaban J connectivity index is 1.64. The predicted molar refractivity (Wildman–Crippen MR) is 93.4 cm³/mol. The Kier molecular flexibility index (Phi) is 4.87. The first-order valence-electron chi connectivity index (χ1n) is 8.04. The van der Waals surface area contributed by atoms with Crippen molar-refractivity contribution >= 4 is 33.3 Å². The molecule has 2 heterocycles. The number of hydrogen-bond donors (Lipinski definition) is 0. The molecule has 1 aliphatic rings. The first kappa shape index (κ1) is 16.9. The Morgan fingerprint density at radius 2 is 1.92 bits per heavy atom. The Hall–Kier alpha value is -1.92. The average molecular weight is 347 g/mol. The van der Waals surface area contributed by atoms with Crippen LogP contribution in [0.4, 0.5) is 0 Å². The van der Waals surface area contributed by atoms with Gasteiger partial charge in [0.2, 0.25) is 0 Å². The maximum Gasteiger partial charge on any atom is 0.349 e. The third-order valence-corrected chi connectivity index (χ3v) is 5.38. The summed E-state index contributed by atoms with van der Waals surface area (Å²) in [6.07, 6.45) is -0.00326. The lowest BCUT2D eigenvalue weighted by Gasteiger charge is -2.35. The summed E-state index contributed by atoms with van der Waals surface area (Å²) < 4.78 is 11.9. The number of thiophene rings is 1. The zero-order chi connectivity index (χ0) is 17.3. The fraction of sp³-hybridized carbons (Fsp3) is 0.444. The van der Waals surface area contributed by atoms with Crippen LogP contribution in [0.1, 0.15) is 29.1 Å². The van der Waals surface area contributed by atoms with Crippen molar-refractivity contribution in [2.75, 3.05) is 19.7 Å². The number of hydrogen-bond acceptors (Lipinski definition) is 5. The second-order valence-corrected chi connectivity index (χ2v) is 7.24. The summed E-state index contributed by atoms with van der Waals surface area (Å²) in [5, 5.41) is 1.05. The minimum Gasteiger partial charge on any atom is -0.451 e. The Bertz CT molecular complexity index is 759. The third-order valence-electron chi connectivity index (χ3n) is 4.13. The standard InChI is InChI=1S/C18H21NO4S/c1-11-8-19(9-12(2)23-11)16(20)10-22-18(21)17-13(3)14-6-4-5-7-15(14)24-17/h4-7,11-12H,8-10H2,1-3H3/t11-,12-/m0/s1. The summed E-state index contributed by atoms with van der Waals surface area (Å²) in [6.45, 7) is 6.60. The molecule has 0 unspecified atom stereocenters. The molecule has 1 saturated heterocycles. The van der Waals surface area contributed by atoms with Gasteiger partial charge in [0.15, 0.2) is 6.61 Å². The first-order chi connectivity index (χ1) is 11.5. The van der Waals surface area contributed by atoms with Gasteiger partial charge in [-0.2, -0.15) is 0 Å². The second-order valence-electron chi connectivity index (χ2n) is 6.18. The number of amides is 1. The van der Waals surface area contributed by atoms with Gasteiger partial charge in [-0.15, -0.1) is 11.3 Å². The zero-order valence-electron chi connectivity index (χ0n) is 14.1. The number of aryl methyl sites for hydroxylation is 1. The summed E-state index contributed by atoms with van der Waals surface area (Å²) in [5.41, 5.74) is 0.904. The number of carbonyl (C=O) groups excluding carboxylic acids is 2. The van der Waals surface area contributed by atoms with Crippen molar-refractivity contribution in [1.29, 1.82) is 0 Å². The largest absolute Gasteiger partial charge is 0.451 e. The van der Waals surface area contributed by atoms with E-state index in [0.29, 0.717) is 18.0 Å². The Morgan fingerprint density at radius 3 is 2.58 bits per heavy atom. The van der Waals surface area contributed by atoms with Crippen molar-refractivity contribution in [1.82, 2.24) is 4.90 Å². The minimum absolute atomic E-state index is 0.00163. The normalized spacial score (nSPS) is 21.0. The molecular formula is C18H21NO4S. The summed E-state index contributed by atoms with van der Waals surface area (Å²) in [6, 6.07) is 7.85. The smallest absolute Gasteiger partial charge is 0.349 e. The predicted octanol–water partition coefficient (Wildman–Crippen LogP) is 3.00. The van der Waals surface area contributed by atoms with Crippen LogP contribution in [0.25, 0.3) is 10.1 Å². The molecule has 0 spiro atoms. The molecule has 6 heteroatoms. The van der Waals surface area contributed by atoms with E-state index in [1.54, 1.807) is 4.90 Å². The number of ether oxygens (including phenoxy) is 2. The third kappa shape index (κ3) is 3.44. The maximum absolute atomic E-state index is 12.3. The topological polar surface area (TPSA) is 55.8 Å². The highest BCUT2D eigenvalue weighted by Gasteiger charge is 2.27. The van der Waals surface area contributed by atoms with E-state index >= 15 is 0 Å². The fourth-order valence-electron chi connectivity index (χ4n) is 3.03. The lowest BCUT2D eigenvalue weighted by atomic mass is 10.1. The van der Waals surface area contributed by atoms with Gasteiger partial charge in [0.05, 0.1) is 12.2 Å². The molecule has 2 atom stereocenters. The molecule has 5 nitrogen and oxygen atoms in total. The summed E-state index contributed by atoms with van der Waals surface area (Å²) in [7, 11) is 0. The molecule has 0 radical (unpaired) electrons. The van der Waals surface area contributed by atoms with Gasteiger partial charge in [-0.05, 0) is 37.8 Å².